The predicted octanol–water partition coefficient (Wildman–Crippen LogP) is 4.09. The topological polar surface area (TPSA) is 97.0 Å². The average molecular weight is 404 g/mol. The molecular formula is C19H25N5OS2. The van der Waals surface area contributed by atoms with Gasteiger partial charge in [0, 0.05) is 5.75 Å². The molecule has 1 atom stereocenters. The number of nitrogens with one attached hydrogen (secondary N) is 1. The van der Waals surface area contributed by atoms with Gasteiger partial charge in [-0.2, -0.15) is 0 Å². The van der Waals surface area contributed by atoms with E-state index in [1.807, 2.05) is 12.1 Å². The van der Waals surface area contributed by atoms with Crippen LogP contribution in [0.3, 0.4) is 0 Å². The van der Waals surface area contributed by atoms with Gasteiger partial charge >= 0.3 is 0 Å². The van der Waals surface area contributed by atoms with E-state index >= 15 is 0 Å². The Balaban J connectivity index is 1.87. The van der Waals surface area contributed by atoms with E-state index < -0.39 is 0 Å². The highest BCUT2D eigenvalue weighted by Gasteiger charge is 2.17. The molecule has 3 rings (SSSR count). The fourth-order valence-corrected chi connectivity index (χ4v) is 4.48. The molecule has 0 amide bonds. The van der Waals surface area contributed by atoms with Gasteiger partial charge in [0.2, 0.25) is 0 Å². The molecule has 2 heterocycles. The van der Waals surface area contributed by atoms with Gasteiger partial charge in [0.15, 0.2) is 21.8 Å². The fourth-order valence-electron chi connectivity index (χ4n) is 2.84. The summed E-state index contributed by atoms with van der Waals surface area (Å²) in [5.74, 6) is 1.95. The van der Waals surface area contributed by atoms with Crippen molar-refractivity contribution in [2.75, 3.05) is 17.7 Å². The summed E-state index contributed by atoms with van der Waals surface area (Å²) in [6, 6.07) is 8.23. The molecule has 6 nitrogen and oxygen atoms in total. The van der Waals surface area contributed by atoms with E-state index in [1.54, 1.807) is 11.8 Å². The van der Waals surface area contributed by atoms with Gasteiger partial charge in [-0.15, -0.1) is 0 Å². The zero-order valence-electron chi connectivity index (χ0n) is 15.8. The highest BCUT2D eigenvalue weighted by molar-refractivity contribution is 7.98. The molecule has 0 saturated carbocycles. The van der Waals surface area contributed by atoms with E-state index in [4.69, 9.17) is 10.7 Å². The lowest BCUT2D eigenvalue weighted by Gasteiger charge is -2.19. The minimum Gasteiger partial charge on any atom is -0.394 e. The smallest absolute Gasteiger partial charge is 0.191 e. The maximum absolute atomic E-state index is 9.72. The van der Waals surface area contributed by atoms with Crippen molar-refractivity contribution < 1.29 is 5.11 Å². The van der Waals surface area contributed by atoms with Crippen LogP contribution in [0.2, 0.25) is 0 Å². The van der Waals surface area contributed by atoms with Gasteiger partial charge in [0.25, 0.3) is 0 Å². The van der Waals surface area contributed by atoms with Crippen molar-refractivity contribution in [2.45, 2.75) is 44.1 Å². The van der Waals surface area contributed by atoms with Crippen molar-refractivity contribution >= 4 is 44.4 Å². The molecule has 0 aliphatic rings. The summed E-state index contributed by atoms with van der Waals surface area (Å²) in [5, 5.41) is 14.2. The summed E-state index contributed by atoms with van der Waals surface area (Å²) in [5.41, 5.74) is 9.00. The lowest BCUT2D eigenvalue weighted by Crippen LogP contribution is -2.26. The number of aliphatic hydroxyl groups is 1. The van der Waals surface area contributed by atoms with Crippen LogP contribution < -0.4 is 11.1 Å². The van der Waals surface area contributed by atoms with Crippen LogP contribution in [0.15, 0.2) is 29.4 Å². The van der Waals surface area contributed by atoms with E-state index in [0.717, 1.165) is 16.9 Å². The first kappa shape index (κ1) is 19.9. The van der Waals surface area contributed by atoms with E-state index in [9.17, 15) is 5.11 Å². The van der Waals surface area contributed by atoms with Gasteiger partial charge < -0.3 is 16.2 Å². The maximum atomic E-state index is 9.72. The van der Waals surface area contributed by atoms with Gasteiger partial charge in [-0.1, -0.05) is 61.2 Å². The summed E-state index contributed by atoms with van der Waals surface area (Å²) in [4.78, 5) is 13.6. The summed E-state index contributed by atoms with van der Waals surface area (Å²) in [6.07, 6.45) is 0.849. The van der Waals surface area contributed by atoms with Gasteiger partial charge in [-0.25, -0.2) is 15.0 Å². The molecule has 0 unspecified atom stereocenters. The van der Waals surface area contributed by atoms with Crippen molar-refractivity contribution in [1.82, 2.24) is 15.0 Å². The number of aliphatic hydroxyl groups excluding tert-OH is 1. The van der Waals surface area contributed by atoms with Crippen molar-refractivity contribution in [1.29, 1.82) is 0 Å². The van der Waals surface area contributed by atoms with Gasteiger partial charge in [0.1, 0.15) is 4.70 Å². The Hall–Kier alpha value is -1.90. The average Bonchev–Trinajstić information content (AvgIpc) is 3.00. The molecule has 4 N–H and O–H groups in total. The number of nitrogens with zero attached hydrogens (tertiary/aromatic N) is 3. The van der Waals surface area contributed by atoms with Crippen molar-refractivity contribution in [3.63, 3.8) is 0 Å². The number of benzene rings is 1. The molecule has 2 aromatic heterocycles. The summed E-state index contributed by atoms with van der Waals surface area (Å²) in [6.45, 7) is 6.41. The first-order valence-electron chi connectivity index (χ1n) is 8.95. The molecule has 1 aromatic carbocycles. The second-order valence-electron chi connectivity index (χ2n) is 6.93. The molecule has 27 heavy (non-hydrogen) atoms. The molecule has 8 heteroatoms. The second kappa shape index (κ2) is 8.86. The lowest BCUT2D eigenvalue weighted by atomic mass is 10.0. The van der Waals surface area contributed by atoms with Crippen LogP contribution in [0, 0.1) is 12.8 Å². The minimum absolute atomic E-state index is 0.0453. The van der Waals surface area contributed by atoms with Gasteiger partial charge in [-0.3, -0.25) is 0 Å². The Morgan fingerprint density at radius 2 is 2.00 bits per heavy atom. The van der Waals surface area contributed by atoms with Crippen molar-refractivity contribution in [3.8, 4) is 0 Å². The molecule has 3 aromatic rings. The summed E-state index contributed by atoms with van der Waals surface area (Å²) < 4.78 is 0.829. The number of fused-ring (bicyclic) bond motifs is 1. The molecule has 0 aliphatic carbocycles. The van der Waals surface area contributed by atoms with Crippen LogP contribution in [0.1, 0.15) is 31.4 Å². The van der Waals surface area contributed by atoms with Gasteiger partial charge in [0.05, 0.1) is 12.6 Å². The first-order valence-corrected chi connectivity index (χ1v) is 10.7. The van der Waals surface area contributed by atoms with Crippen molar-refractivity contribution in [3.05, 3.63) is 35.4 Å². The molecule has 0 bridgehead atoms. The largest absolute Gasteiger partial charge is 0.394 e. The summed E-state index contributed by atoms with van der Waals surface area (Å²) >= 11 is 2.94. The number of thiazole rings is 1. The Kier molecular flexibility index (Phi) is 6.51. The van der Waals surface area contributed by atoms with Crippen molar-refractivity contribution in [2.24, 2.45) is 5.92 Å². The van der Waals surface area contributed by atoms with E-state index in [1.165, 1.54) is 22.5 Å². The van der Waals surface area contributed by atoms with Crippen LogP contribution in [0.5, 0.6) is 0 Å². The maximum Gasteiger partial charge on any atom is 0.191 e. The predicted molar refractivity (Wildman–Crippen MR) is 114 cm³/mol. The Morgan fingerprint density at radius 1 is 1.22 bits per heavy atom. The lowest BCUT2D eigenvalue weighted by molar-refractivity contribution is 0.259. The molecular weight excluding hydrogens is 378 g/mol. The van der Waals surface area contributed by atoms with Crippen LogP contribution in [0.25, 0.3) is 10.3 Å². The highest BCUT2D eigenvalue weighted by atomic mass is 32.2. The molecule has 0 aliphatic heterocycles. The SMILES string of the molecule is Cc1ccccc1CSc1nc(N[C@@H](CO)CC(C)C)c2sc(N)nc2n1. The third kappa shape index (κ3) is 5.09. The van der Waals surface area contributed by atoms with Crippen LogP contribution >= 0.6 is 23.1 Å². The zero-order chi connectivity index (χ0) is 19.4. The number of nitrogens with two attached hydrogens (primary N) is 1. The monoisotopic (exact) mass is 403 g/mol. The number of hydrogen-bond donors (Lipinski definition) is 3. The van der Waals surface area contributed by atoms with Crippen LogP contribution in [-0.4, -0.2) is 32.7 Å². The molecule has 0 radical (unpaired) electrons. The third-order valence-electron chi connectivity index (χ3n) is 4.19. The minimum atomic E-state index is -0.0688. The van der Waals surface area contributed by atoms with Crippen LogP contribution in [-0.2, 0) is 5.75 Å². The normalized spacial score (nSPS) is 12.6. The number of aryl methyl sites for hydroxylation is 1. The zero-order valence-corrected chi connectivity index (χ0v) is 17.4. The highest BCUT2D eigenvalue weighted by Crippen LogP contribution is 2.32. The Bertz CT molecular complexity index is 912. The first-order chi connectivity index (χ1) is 13.0. The Morgan fingerprint density at radius 3 is 2.70 bits per heavy atom. The number of hydrogen-bond acceptors (Lipinski definition) is 8. The quantitative estimate of drug-likeness (QED) is 0.385. The standard InChI is InChI=1S/C19H25N5OS2/c1-11(2)8-14(9-25)21-16-15-17(22-18(20)27-15)24-19(23-16)26-10-13-7-5-4-6-12(13)3/h4-7,11,14,25H,8-10H2,1-3H3,(H3,20,21,22,23,24)/t14-/m1/s1. The molecule has 0 saturated heterocycles. The third-order valence-corrected chi connectivity index (χ3v) is 5.96. The van der Waals surface area contributed by atoms with E-state index in [2.05, 4.69) is 48.2 Å². The molecule has 0 spiro atoms. The van der Waals surface area contributed by atoms with Crippen LogP contribution in [0.4, 0.5) is 10.9 Å². The van der Waals surface area contributed by atoms with E-state index in [-0.39, 0.29) is 12.6 Å². The number of nitrogen functional groups attached to an aromatic ring is 1. The Labute approximate surface area is 167 Å². The number of thioether (sulfide) groups is 1. The van der Waals surface area contributed by atoms with E-state index in [0.29, 0.717) is 27.7 Å². The molecule has 144 valence electrons. The second-order valence-corrected chi connectivity index (χ2v) is 8.90. The molecule has 0 fully saturated rings. The van der Waals surface area contributed by atoms with Gasteiger partial charge in [-0.05, 0) is 30.4 Å². The number of aromatic nitrogens is 3. The number of rotatable bonds is 8. The summed E-state index contributed by atoms with van der Waals surface area (Å²) in [7, 11) is 0. The fraction of sp³-hybridized carbons (Fsp3) is 0.421. The number of anilines is 2.